The van der Waals surface area contributed by atoms with E-state index in [1.165, 1.54) is 47.7 Å². The van der Waals surface area contributed by atoms with Gasteiger partial charge in [-0.25, -0.2) is 9.37 Å². The summed E-state index contributed by atoms with van der Waals surface area (Å²) in [7, 11) is 1.24. The Morgan fingerprint density at radius 2 is 2.13 bits per heavy atom. The Morgan fingerprint density at radius 3 is 2.70 bits per heavy atom. The number of hydrogen-bond donors (Lipinski definition) is 0. The summed E-state index contributed by atoms with van der Waals surface area (Å²) in [5.74, 6) is -1.29. The third-order valence-electron chi connectivity index (χ3n) is 3.11. The molecule has 122 valence electrons. The maximum Gasteiger partial charge on any atom is 0.325 e. The van der Waals surface area contributed by atoms with Gasteiger partial charge in [-0.05, 0) is 18.2 Å². The Kier molecular flexibility index (Phi) is 5.44. The van der Waals surface area contributed by atoms with Crippen LogP contribution in [0.4, 0.5) is 10.1 Å². The first-order valence-corrected chi connectivity index (χ1v) is 7.84. The van der Waals surface area contributed by atoms with Crippen molar-refractivity contribution in [3.63, 3.8) is 0 Å². The Balaban J connectivity index is 2.35. The van der Waals surface area contributed by atoms with Crippen molar-refractivity contribution in [1.82, 2.24) is 4.98 Å². The van der Waals surface area contributed by atoms with Gasteiger partial charge in [-0.3, -0.25) is 14.5 Å². The van der Waals surface area contributed by atoms with Gasteiger partial charge in [0.25, 0.3) is 5.91 Å². The molecule has 0 spiro atoms. The van der Waals surface area contributed by atoms with Crippen LogP contribution in [0.15, 0.2) is 30.5 Å². The van der Waals surface area contributed by atoms with Gasteiger partial charge in [-0.15, -0.1) is 11.3 Å². The molecule has 1 heterocycles. The molecule has 0 atom stereocenters. The molecule has 7 heteroatoms. The highest BCUT2D eigenvalue weighted by Crippen LogP contribution is 2.25. The highest BCUT2D eigenvalue weighted by molar-refractivity contribution is 7.13. The summed E-state index contributed by atoms with van der Waals surface area (Å²) in [6.45, 7) is 3.66. The topological polar surface area (TPSA) is 59.5 Å². The summed E-state index contributed by atoms with van der Waals surface area (Å²) in [5, 5.41) is 0.825. The van der Waals surface area contributed by atoms with Gasteiger partial charge in [0.1, 0.15) is 17.2 Å². The smallest absolute Gasteiger partial charge is 0.325 e. The molecule has 0 fully saturated rings. The number of rotatable bonds is 5. The van der Waals surface area contributed by atoms with Crippen LogP contribution >= 0.6 is 11.3 Å². The van der Waals surface area contributed by atoms with E-state index in [-0.39, 0.29) is 12.5 Å². The third-order valence-corrected chi connectivity index (χ3v) is 4.39. The molecule has 0 aliphatic heterocycles. The number of carbonyl (C=O) groups excluding carboxylic acids is 2. The van der Waals surface area contributed by atoms with E-state index in [9.17, 15) is 14.0 Å². The van der Waals surface area contributed by atoms with Crippen molar-refractivity contribution in [3.05, 3.63) is 46.2 Å². The molecule has 1 amide bonds. The molecule has 2 aromatic rings. The molecular formula is C16H17FN2O3S. The van der Waals surface area contributed by atoms with Crippen LogP contribution in [0.2, 0.25) is 0 Å². The number of ether oxygens (including phenoxy) is 1. The Bertz CT molecular complexity index is 715. The molecule has 23 heavy (non-hydrogen) atoms. The molecule has 0 saturated heterocycles. The zero-order valence-corrected chi connectivity index (χ0v) is 13.9. The number of amides is 1. The van der Waals surface area contributed by atoms with Crippen LogP contribution in [0, 0.1) is 5.82 Å². The monoisotopic (exact) mass is 336 g/mol. The average molecular weight is 336 g/mol. The second-order valence-electron chi connectivity index (χ2n) is 5.16. The second kappa shape index (κ2) is 7.32. The number of methoxy groups -OCH3 is 1. The van der Waals surface area contributed by atoms with Crippen molar-refractivity contribution in [2.45, 2.75) is 19.8 Å². The van der Waals surface area contributed by atoms with Gasteiger partial charge >= 0.3 is 5.97 Å². The van der Waals surface area contributed by atoms with Crippen molar-refractivity contribution >= 4 is 28.9 Å². The van der Waals surface area contributed by atoms with E-state index in [0.717, 1.165) is 5.01 Å². The Labute approximate surface area is 137 Å². The van der Waals surface area contributed by atoms with Crippen LogP contribution in [0.5, 0.6) is 0 Å². The van der Waals surface area contributed by atoms with Gasteiger partial charge in [0.05, 0.1) is 18.3 Å². The van der Waals surface area contributed by atoms with E-state index in [1.807, 2.05) is 13.8 Å². The molecule has 0 radical (unpaired) electrons. The summed E-state index contributed by atoms with van der Waals surface area (Å²) in [6, 6.07) is 5.52. The molecule has 1 aromatic heterocycles. The van der Waals surface area contributed by atoms with Crippen molar-refractivity contribution in [2.24, 2.45) is 0 Å². The molecule has 2 rings (SSSR count). The predicted molar refractivity (Wildman–Crippen MR) is 86.3 cm³/mol. The van der Waals surface area contributed by atoms with Crippen LogP contribution in [0.25, 0.3) is 0 Å². The van der Waals surface area contributed by atoms with Crippen molar-refractivity contribution < 1.29 is 18.7 Å². The molecule has 0 saturated carbocycles. The third kappa shape index (κ3) is 4.13. The lowest BCUT2D eigenvalue weighted by Gasteiger charge is -2.20. The standard InChI is InChI=1S/C16H17FN2O3S/c1-10(2)15-18-8-13(23-15)16(21)19(9-14(20)22-3)12-6-4-5-11(17)7-12/h4-8,10H,9H2,1-3H3. The quantitative estimate of drug-likeness (QED) is 0.787. The predicted octanol–water partition coefficient (Wildman–Crippen LogP) is 3.23. The van der Waals surface area contributed by atoms with Gasteiger partial charge in [0.2, 0.25) is 0 Å². The van der Waals surface area contributed by atoms with Gasteiger partial charge in [0, 0.05) is 11.6 Å². The molecule has 5 nitrogen and oxygen atoms in total. The summed E-state index contributed by atoms with van der Waals surface area (Å²) in [6.07, 6.45) is 1.48. The van der Waals surface area contributed by atoms with Crippen LogP contribution in [-0.2, 0) is 9.53 Å². The number of halogens is 1. The van der Waals surface area contributed by atoms with Gasteiger partial charge < -0.3 is 4.74 Å². The first kappa shape index (κ1) is 17.1. The Hall–Kier alpha value is -2.28. The fraction of sp³-hybridized carbons (Fsp3) is 0.312. The van der Waals surface area contributed by atoms with Crippen molar-refractivity contribution in [1.29, 1.82) is 0 Å². The number of carbonyl (C=O) groups is 2. The van der Waals surface area contributed by atoms with E-state index in [4.69, 9.17) is 0 Å². The number of aromatic nitrogens is 1. The minimum absolute atomic E-state index is 0.199. The van der Waals surface area contributed by atoms with Crippen LogP contribution in [0.3, 0.4) is 0 Å². The maximum atomic E-state index is 13.5. The normalized spacial score (nSPS) is 10.7. The summed E-state index contributed by atoms with van der Waals surface area (Å²) in [4.78, 5) is 30.1. The molecule has 0 unspecified atom stereocenters. The maximum absolute atomic E-state index is 13.5. The Morgan fingerprint density at radius 1 is 1.39 bits per heavy atom. The number of benzene rings is 1. The van der Waals surface area contributed by atoms with Gasteiger partial charge in [-0.1, -0.05) is 19.9 Å². The second-order valence-corrected chi connectivity index (χ2v) is 6.23. The molecular weight excluding hydrogens is 319 g/mol. The molecule has 0 bridgehead atoms. The zero-order chi connectivity index (χ0) is 17.0. The van der Waals surface area contributed by atoms with Crippen LogP contribution < -0.4 is 4.90 Å². The number of hydrogen-bond acceptors (Lipinski definition) is 5. The number of thiazole rings is 1. The van der Waals surface area contributed by atoms with E-state index >= 15 is 0 Å². The lowest BCUT2D eigenvalue weighted by atomic mass is 10.2. The van der Waals surface area contributed by atoms with Crippen molar-refractivity contribution in [3.8, 4) is 0 Å². The molecule has 0 aliphatic carbocycles. The molecule has 0 N–H and O–H groups in total. The zero-order valence-electron chi connectivity index (χ0n) is 13.1. The first-order chi connectivity index (χ1) is 10.9. The first-order valence-electron chi connectivity index (χ1n) is 7.02. The number of nitrogens with zero attached hydrogens (tertiary/aromatic N) is 2. The number of anilines is 1. The lowest BCUT2D eigenvalue weighted by Crippen LogP contribution is -2.36. The summed E-state index contributed by atoms with van der Waals surface area (Å²) in [5.41, 5.74) is 0.292. The molecule has 0 aliphatic rings. The minimum Gasteiger partial charge on any atom is -0.468 e. The fourth-order valence-corrected chi connectivity index (χ4v) is 2.77. The lowest BCUT2D eigenvalue weighted by molar-refractivity contribution is -0.138. The SMILES string of the molecule is COC(=O)CN(C(=O)c1cnc(C(C)C)s1)c1cccc(F)c1. The summed E-state index contributed by atoms with van der Waals surface area (Å²) < 4.78 is 18.1. The van der Waals surface area contributed by atoms with E-state index in [2.05, 4.69) is 9.72 Å². The highest BCUT2D eigenvalue weighted by Gasteiger charge is 2.23. The van der Waals surface area contributed by atoms with Gasteiger partial charge in [-0.2, -0.15) is 0 Å². The van der Waals surface area contributed by atoms with Crippen molar-refractivity contribution in [2.75, 3.05) is 18.6 Å². The molecule has 1 aromatic carbocycles. The van der Waals surface area contributed by atoms with E-state index in [1.54, 1.807) is 6.07 Å². The van der Waals surface area contributed by atoms with E-state index < -0.39 is 17.7 Å². The number of esters is 1. The highest BCUT2D eigenvalue weighted by atomic mass is 32.1. The average Bonchev–Trinajstić information content (AvgIpc) is 3.02. The fourth-order valence-electron chi connectivity index (χ4n) is 1.90. The van der Waals surface area contributed by atoms with Crippen LogP contribution in [0.1, 0.15) is 34.4 Å². The minimum atomic E-state index is -0.587. The largest absolute Gasteiger partial charge is 0.468 e. The summed E-state index contributed by atoms with van der Waals surface area (Å²) >= 11 is 1.26. The van der Waals surface area contributed by atoms with E-state index in [0.29, 0.717) is 10.6 Å². The van der Waals surface area contributed by atoms with Gasteiger partial charge in [0.15, 0.2) is 0 Å². The van der Waals surface area contributed by atoms with Crippen LogP contribution in [-0.4, -0.2) is 30.5 Å².